The molecule has 0 saturated carbocycles. The van der Waals surface area contributed by atoms with Gasteiger partial charge >= 0.3 is 6.03 Å². The summed E-state index contributed by atoms with van der Waals surface area (Å²) >= 11 is 0. The monoisotopic (exact) mass is 251 g/mol. The van der Waals surface area contributed by atoms with E-state index in [0.717, 1.165) is 12.2 Å². The van der Waals surface area contributed by atoms with E-state index in [9.17, 15) is 9.59 Å². The summed E-state index contributed by atoms with van der Waals surface area (Å²) in [5.74, 6) is -0.288. The molecular weight excluding hydrogens is 234 g/mol. The molecule has 98 valence electrons. The number of nitrogens with zero attached hydrogens (tertiary/aromatic N) is 1. The summed E-state index contributed by atoms with van der Waals surface area (Å²) in [6.07, 6.45) is 1.60. The van der Waals surface area contributed by atoms with Gasteiger partial charge in [0.15, 0.2) is 0 Å². The molecule has 0 atom stereocenters. The Labute approximate surface area is 105 Å². The molecular formula is C11H17N5O2. The molecule has 0 unspecified atom stereocenters. The Balaban J connectivity index is 2.39. The second-order valence-electron chi connectivity index (χ2n) is 3.51. The van der Waals surface area contributed by atoms with Gasteiger partial charge in [-0.05, 0) is 19.1 Å². The van der Waals surface area contributed by atoms with Gasteiger partial charge in [0.05, 0.1) is 11.9 Å². The highest BCUT2D eigenvalue weighted by atomic mass is 16.2. The number of pyridine rings is 1. The normalized spacial score (nSPS) is 9.61. The number of nitrogens with one attached hydrogen (secondary N) is 3. The van der Waals surface area contributed by atoms with Gasteiger partial charge in [0.25, 0.3) is 5.91 Å². The molecule has 1 aromatic heterocycles. The van der Waals surface area contributed by atoms with Crippen LogP contribution in [-0.4, -0.2) is 36.6 Å². The summed E-state index contributed by atoms with van der Waals surface area (Å²) in [5, 5.41) is 8.07. The van der Waals surface area contributed by atoms with E-state index in [0.29, 0.717) is 12.2 Å². The van der Waals surface area contributed by atoms with Gasteiger partial charge in [0.2, 0.25) is 0 Å². The van der Waals surface area contributed by atoms with Gasteiger partial charge in [0.1, 0.15) is 5.69 Å². The smallest absolute Gasteiger partial charge is 0.312 e. The van der Waals surface area contributed by atoms with Crippen molar-refractivity contribution >= 4 is 17.6 Å². The number of aromatic nitrogens is 1. The summed E-state index contributed by atoms with van der Waals surface area (Å²) < 4.78 is 0. The highest BCUT2D eigenvalue weighted by Crippen LogP contribution is 2.05. The van der Waals surface area contributed by atoms with E-state index in [2.05, 4.69) is 20.9 Å². The van der Waals surface area contributed by atoms with Gasteiger partial charge in [-0.1, -0.05) is 0 Å². The van der Waals surface area contributed by atoms with Gasteiger partial charge in [0, 0.05) is 19.6 Å². The molecule has 0 radical (unpaired) electrons. The number of primary amides is 1. The highest BCUT2D eigenvalue weighted by Gasteiger charge is 2.05. The molecule has 1 heterocycles. The standard InChI is InChI=1S/C11H17N5O2/c1-2-13-8-3-4-9(16-7-8)10(17)14-5-6-15-11(12)18/h3-4,7,13H,2,5-6H2,1H3,(H,14,17)(H3,12,15,18). The maximum Gasteiger partial charge on any atom is 0.312 e. The second-order valence-corrected chi connectivity index (χ2v) is 3.51. The number of carbonyl (C=O) groups excluding carboxylic acids is 2. The van der Waals surface area contributed by atoms with Crippen molar-refractivity contribution in [1.82, 2.24) is 15.6 Å². The number of anilines is 1. The van der Waals surface area contributed by atoms with E-state index < -0.39 is 6.03 Å². The van der Waals surface area contributed by atoms with E-state index in [1.165, 1.54) is 0 Å². The molecule has 3 amide bonds. The van der Waals surface area contributed by atoms with Crippen LogP contribution in [-0.2, 0) is 0 Å². The van der Waals surface area contributed by atoms with Crippen molar-refractivity contribution in [1.29, 1.82) is 0 Å². The Kier molecular flexibility index (Phi) is 5.43. The molecule has 0 fully saturated rings. The minimum absolute atomic E-state index is 0.288. The first-order chi connectivity index (χ1) is 8.63. The van der Waals surface area contributed by atoms with Crippen LogP contribution in [0.25, 0.3) is 0 Å². The van der Waals surface area contributed by atoms with Crippen molar-refractivity contribution in [2.75, 3.05) is 25.0 Å². The molecule has 0 aliphatic rings. The Morgan fingerprint density at radius 3 is 2.56 bits per heavy atom. The first-order valence-electron chi connectivity index (χ1n) is 5.65. The number of hydrogen-bond acceptors (Lipinski definition) is 4. The average molecular weight is 251 g/mol. The topological polar surface area (TPSA) is 109 Å². The van der Waals surface area contributed by atoms with E-state index in [1.54, 1.807) is 18.3 Å². The molecule has 0 saturated heterocycles. The van der Waals surface area contributed by atoms with Crippen molar-refractivity contribution in [3.8, 4) is 0 Å². The molecule has 0 aromatic carbocycles. The van der Waals surface area contributed by atoms with Crippen LogP contribution in [0.15, 0.2) is 18.3 Å². The SMILES string of the molecule is CCNc1ccc(C(=O)NCCNC(N)=O)nc1. The van der Waals surface area contributed by atoms with Crippen LogP contribution >= 0.6 is 0 Å². The molecule has 7 nitrogen and oxygen atoms in total. The molecule has 7 heteroatoms. The second kappa shape index (κ2) is 7.10. The maximum absolute atomic E-state index is 11.6. The molecule has 5 N–H and O–H groups in total. The zero-order valence-corrected chi connectivity index (χ0v) is 10.2. The first kappa shape index (κ1) is 13.8. The number of urea groups is 1. The van der Waals surface area contributed by atoms with Crippen LogP contribution < -0.4 is 21.7 Å². The van der Waals surface area contributed by atoms with Gasteiger partial charge in [-0.25, -0.2) is 9.78 Å². The number of hydrogen-bond donors (Lipinski definition) is 4. The number of nitrogens with two attached hydrogens (primary N) is 1. The van der Waals surface area contributed by atoms with Gasteiger partial charge in [-0.3, -0.25) is 4.79 Å². The van der Waals surface area contributed by atoms with Crippen molar-refractivity contribution in [2.24, 2.45) is 5.73 Å². The summed E-state index contributed by atoms with van der Waals surface area (Å²) in [6.45, 7) is 3.37. The van der Waals surface area contributed by atoms with Crippen LogP contribution in [0.1, 0.15) is 17.4 Å². The molecule has 0 aliphatic carbocycles. The van der Waals surface area contributed by atoms with Crippen LogP contribution in [0.3, 0.4) is 0 Å². The lowest BCUT2D eigenvalue weighted by atomic mass is 10.3. The Morgan fingerprint density at radius 2 is 2.00 bits per heavy atom. The van der Waals surface area contributed by atoms with Crippen molar-refractivity contribution in [2.45, 2.75) is 6.92 Å². The predicted molar refractivity (Wildman–Crippen MR) is 68.3 cm³/mol. The average Bonchev–Trinajstić information content (AvgIpc) is 2.35. The Hall–Kier alpha value is -2.31. The zero-order chi connectivity index (χ0) is 13.4. The maximum atomic E-state index is 11.6. The third-order valence-corrected chi connectivity index (χ3v) is 2.09. The Bertz CT molecular complexity index is 404. The van der Waals surface area contributed by atoms with Crippen molar-refractivity contribution in [3.63, 3.8) is 0 Å². The fourth-order valence-corrected chi connectivity index (χ4v) is 1.29. The minimum Gasteiger partial charge on any atom is -0.384 e. The van der Waals surface area contributed by atoms with Gasteiger partial charge < -0.3 is 21.7 Å². The summed E-state index contributed by atoms with van der Waals surface area (Å²) in [7, 11) is 0. The number of amides is 3. The first-order valence-corrected chi connectivity index (χ1v) is 5.65. The predicted octanol–water partition coefficient (Wildman–Crippen LogP) is -0.0885. The molecule has 18 heavy (non-hydrogen) atoms. The Morgan fingerprint density at radius 1 is 1.28 bits per heavy atom. The highest BCUT2D eigenvalue weighted by molar-refractivity contribution is 5.92. The zero-order valence-electron chi connectivity index (χ0n) is 10.2. The molecule has 0 aliphatic heterocycles. The third kappa shape index (κ3) is 4.69. The fraction of sp³-hybridized carbons (Fsp3) is 0.364. The van der Waals surface area contributed by atoms with E-state index in [-0.39, 0.29) is 12.5 Å². The number of carbonyl (C=O) groups is 2. The van der Waals surface area contributed by atoms with Crippen LogP contribution in [0, 0.1) is 0 Å². The van der Waals surface area contributed by atoms with Crippen LogP contribution in [0.4, 0.5) is 10.5 Å². The van der Waals surface area contributed by atoms with E-state index in [4.69, 9.17) is 5.73 Å². The molecule has 0 bridgehead atoms. The van der Waals surface area contributed by atoms with Gasteiger partial charge in [-0.2, -0.15) is 0 Å². The van der Waals surface area contributed by atoms with Crippen molar-refractivity contribution < 1.29 is 9.59 Å². The third-order valence-electron chi connectivity index (χ3n) is 2.09. The van der Waals surface area contributed by atoms with Crippen LogP contribution in [0.5, 0.6) is 0 Å². The molecule has 0 spiro atoms. The summed E-state index contributed by atoms with van der Waals surface area (Å²) in [5.41, 5.74) is 6.08. The number of rotatable bonds is 6. The summed E-state index contributed by atoms with van der Waals surface area (Å²) in [6, 6.07) is 2.81. The lowest BCUT2D eigenvalue weighted by Gasteiger charge is -2.06. The van der Waals surface area contributed by atoms with Crippen molar-refractivity contribution in [3.05, 3.63) is 24.0 Å². The fourth-order valence-electron chi connectivity index (χ4n) is 1.29. The van der Waals surface area contributed by atoms with Crippen LogP contribution in [0.2, 0.25) is 0 Å². The molecule has 1 rings (SSSR count). The lowest BCUT2D eigenvalue weighted by molar-refractivity contribution is 0.0949. The lowest BCUT2D eigenvalue weighted by Crippen LogP contribution is -2.37. The van der Waals surface area contributed by atoms with E-state index >= 15 is 0 Å². The minimum atomic E-state index is -0.614. The molecule has 1 aromatic rings. The van der Waals surface area contributed by atoms with E-state index in [1.807, 2.05) is 6.92 Å². The quantitative estimate of drug-likeness (QED) is 0.530. The van der Waals surface area contributed by atoms with Gasteiger partial charge in [-0.15, -0.1) is 0 Å². The summed E-state index contributed by atoms with van der Waals surface area (Å²) in [4.78, 5) is 26.0. The largest absolute Gasteiger partial charge is 0.384 e.